The third-order valence-corrected chi connectivity index (χ3v) is 0.623. The molecule has 0 fully saturated rings. The summed E-state index contributed by atoms with van der Waals surface area (Å²) < 4.78 is 0. The Morgan fingerprint density at radius 2 is 2.10 bits per heavy atom. The molecule has 4 N–H and O–H groups in total. The summed E-state index contributed by atoms with van der Waals surface area (Å²) in [5, 5.41) is 15.5. The molecule has 0 aromatic carbocycles. The molecule has 0 aliphatic rings. The standard InChI is InChI=1S/C3H8ClNO.C2H4O2/c4-3(5)1-2-6;1-2(3)4/h3,6H,1-2,5H2;1H3,(H,3,4). The molecule has 0 aliphatic heterocycles. The number of aliphatic hydroxyl groups excluding tert-OH is 1. The van der Waals surface area contributed by atoms with Crippen LogP contribution < -0.4 is 5.73 Å². The number of aliphatic carboxylic acids is 1. The van der Waals surface area contributed by atoms with Crippen molar-refractivity contribution in [3.63, 3.8) is 0 Å². The average Bonchev–Trinajstić information content (AvgIpc) is 1.62. The third kappa shape index (κ3) is 47.7. The van der Waals surface area contributed by atoms with Crippen LogP contribution in [0.4, 0.5) is 0 Å². The van der Waals surface area contributed by atoms with E-state index < -0.39 is 5.97 Å². The van der Waals surface area contributed by atoms with Crippen molar-refractivity contribution in [2.45, 2.75) is 18.8 Å². The number of carboxylic acids is 1. The normalized spacial score (nSPS) is 11.2. The summed E-state index contributed by atoms with van der Waals surface area (Å²) >= 11 is 5.20. The average molecular weight is 170 g/mol. The van der Waals surface area contributed by atoms with E-state index in [-0.39, 0.29) is 12.1 Å². The van der Waals surface area contributed by atoms with Gasteiger partial charge in [0, 0.05) is 13.5 Å². The van der Waals surface area contributed by atoms with Crippen molar-refractivity contribution < 1.29 is 15.0 Å². The Kier molecular flexibility index (Phi) is 10.7. The van der Waals surface area contributed by atoms with Gasteiger partial charge < -0.3 is 15.9 Å². The minimum absolute atomic E-state index is 0.0741. The van der Waals surface area contributed by atoms with Gasteiger partial charge in [0.15, 0.2) is 0 Å². The molecule has 1 unspecified atom stereocenters. The van der Waals surface area contributed by atoms with Gasteiger partial charge in [-0.3, -0.25) is 4.79 Å². The second-order valence-corrected chi connectivity index (χ2v) is 2.11. The molecular weight excluding hydrogens is 158 g/mol. The van der Waals surface area contributed by atoms with Crippen molar-refractivity contribution in [3.05, 3.63) is 0 Å². The van der Waals surface area contributed by atoms with Gasteiger partial charge in [-0.2, -0.15) is 0 Å². The van der Waals surface area contributed by atoms with Gasteiger partial charge in [0.05, 0.1) is 5.50 Å². The molecule has 5 heteroatoms. The fourth-order valence-corrected chi connectivity index (χ4v) is 0.221. The second kappa shape index (κ2) is 8.68. The van der Waals surface area contributed by atoms with Gasteiger partial charge in [0.1, 0.15) is 0 Å². The Morgan fingerprint density at radius 3 is 2.10 bits per heavy atom. The number of halogens is 1. The van der Waals surface area contributed by atoms with Crippen LogP contribution in [-0.4, -0.2) is 28.3 Å². The van der Waals surface area contributed by atoms with Crippen molar-refractivity contribution >= 4 is 17.6 Å². The first-order chi connectivity index (χ1) is 4.50. The predicted molar refractivity (Wildman–Crippen MR) is 38.8 cm³/mol. The highest BCUT2D eigenvalue weighted by atomic mass is 35.5. The zero-order valence-electron chi connectivity index (χ0n) is 5.75. The quantitative estimate of drug-likeness (QED) is 0.401. The molecule has 0 amide bonds. The molecule has 0 saturated carbocycles. The summed E-state index contributed by atoms with van der Waals surface area (Å²) in [5.74, 6) is -0.833. The van der Waals surface area contributed by atoms with Gasteiger partial charge in [-0.15, -0.1) is 11.6 Å². The van der Waals surface area contributed by atoms with Gasteiger partial charge >= 0.3 is 0 Å². The molecule has 0 aromatic rings. The highest BCUT2D eigenvalue weighted by Crippen LogP contribution is 1.88. The third-order valence-electron chi connectivity index (χ3n) is 0.405. The number of alkyl halides is 1. The van der Waals surface area contributed by atoms with E-state index in [0.29, 0.717) is 6.42 Å². The Hall–Kier alpha value is -0.320. The van der Waals surface area contributed by atoms with E-state index in [1.807, 2.05) is 0 Å². The molecule has 0 rings (SSSR count). The number of aliphatic hydroxyl groups is 1. The number of hydrogen-bond donors (Lipinski definition) is 3. The van der Waals surface area contributed by atoms with Gasteiger partial charge in [-0.1, -0.05) is 0 Å². The second-order valence-electron chi connectivity index (χ2n) is 1.55. The van der Waals surface area contributed by atoms with E-state index in [0.717, 1.165) is 6.92 Å². The molecule has 4 nitrogen and oxygen atoms in total. The van der Waals surface area contributed by atoms with Crippen LogP contribution in [0, 0.1) is 0 Å². The first kappa shape index (κ1) is 12.4. The van der Waals surface area contributed by atoms with Crippen LogP contribution in [0.3, 0.4) is 0 Å². The number of rotatable bonds is 2. The molecule has 10 heavy (non-hydrogen) atoms. The highest BCUT2D eigenvalue weighted by Gasteiger charge is 1.89. The maximum atomic E-state index is 9.00. The molecule has 0 aliphatic carbocycles. The van der Waals surface area contributed by atoms with Crippen molar-refractivity contribution in [3.8, 4) is 0 Å². The van der Waals surface area contributed by atoms with E-state index in [1.165, 1.54) is 0 Å². The number of nitrogens with two attached hydrogens (primary N) is 1. The van der Waals surface area contributed by atoms with E-state index in [1.54, 1.807) is 0 Å². The molecule has 0 radical (unpaired) electrons. The maximum absolute atomic E-state index is 9.00. The molecule has 1 atom stereocenters. The van der Waals surface area contributed by atoms with Crippen LogP contribution in [0.1, 0.15) is 13.3 Å². The fraction of sp³-hybridized carbons (Fsp3) is 0.800. The molecule has 0 spiro atoms. The van der Waals surface area contributed by atoms with Gasteiger partial charge in [-0.05, 0) is 6.42 Å². The molecular formula is C5H12ClNO3. The van der Waals surface area contributed by atoms with E-state index >= 15 is 0 Å². The molecule has 0 saturated heterocycles. The van der Waals surface area contributed by atoms with Crippen molar-refractivity contribution in [2.24, 2.45) is 5.73 Å². The summed E-state index contributed by atoms with van der Waals surface area (Å²) in [5.41, 5.74) is 4.63. The summed E-state index contributed by atoms with van der Waals surface area (Å²) in [6, 6.07) is 0. The lowest BCUT2D eigenvalue weighted by atomic mass is 10.5. The molecule has 0 heterocycles. The Balaban J connectivity index is 0. The van der Waals surface area contributed by atoms with Crippen molar-refractivity contribution in [1.82, 2.24) is 0 Å². The summed E-state index contributed by atoms with van der Waals surface area (Å²) in [6.45, 7) is 1.16. The summed E-state index contributed by atoms with van der Waals surface area (Å²) in [7, 11) is 0. The molecule has 62 valence electrons. The minimum atomic E-state index is -0.833. The summed E-state index contributed by atoms with van der Waals surface area (Å²) in [4.78, 5) is 9.00. The van der Waals surface area contributed by atoms with E-state index in [4.69, 9.17) is 32.3 Å². The zero-order chi connectivity index (χ0) is 8.57. The lowest BCUT2D eigenvalue weighted by molar-refractivity contribution is -0.134. The minimum Gasteiger partial charge on any atom is -0.481 e. The van der Waals surface area contributed by atoms with Crippen LogP contribution in [-0.2, 0) is 4.79 Å². The lowest BCUT2D eigenvalue weighted by Gasteiger charge is -1.93. The monoisotopic (exact) mass is 169 g/mol. The predicted octanol–water partition coefficient (Wildman–Crippen LogP) is -0.0167. The van der Waals surface area contributed by atoms with Crippen LogP contribution >= 0.6 is 11.6 Å². The highest BCUT2D eigenvalue weighted by molar-refractivity contribution is 6.20. The molecule has 0 bridgehead atoms. The Bertz CT molecular complexity index is 83.0. The van der Waals surface area contributed by atoms with Crippen molar-refractivity contribution in [2.75, 3.05) is 6.61 Å². The fourth-order valence-electron chi connectivity index (χ4n) is 0.123. The van der Waals surface area contributed by atoms with E-state index in [9.17, 15) is 0 Å². The van der Waals surface area contributed by atoms with Crippen LogP contribution in [0.15, 0.2) is 0 Å². The number of carbonyl (C=O) groups is 1. The smallest absolute Gasteiger partial charge is 0.300 e. The SMILES string of the molecule is CC(=O)O.NC(Cl)CCO. The number of hydrogen-bond acceptors (Lipinski definition) is 3. The van der Waals surface area contributed by atoms with Gasteiger partial charge in [0.2, 0.25) is 0 Å². The van der Waals surface area contributed by atoms with E-state index in [2.05, 4.69) is 0 Å². The van der Waals surface area contributed by atoms with Crippen LogP contribution in [0.25, 0.3) is 0 Å². The zero-order valence-corrected chi connectivity index (χ0v) is 6.51. The largest absolute Gasteiger partial charge is 0.481 e. The Morgan fingerprint density at radius 1 is 1.80 bits per heavy atom. The first-order valence-electron chi connectivity index (χ1n) is 2.70. The topological polar surface area (TPSA) is 83.5 Å². The van der Waals surface area contributed by atoms with Crippen LogP contribution in [0.5, 0.6) is 0 Å². The Labute approximate surface area is 64.6 Å². The maximum Gasteiger partial charge on any atom is 0.300 e. The lowest BCUT2D eigenvalue weighted by Crippen LogP contribution is -2.12. The summed E-state index contributed by atoms with van der Waals surface area (Å²) in [6.07, 6.45) is 0.474. The number of carboxylic acid groups (broad SMARTS) is 1. The van der Waals surface area contributed by atoms with Gasteiger partial charge in [0.25, 0.3) is 5.97 Å². The van der Waals surface area contributed by atoms with Crippen molar-refractivity contribution in [1.29, 1.82) is 0 Å². The molecule has 0 aromatic heterocycles. The van der Waals surface area contributed by atoms with Crippen LogP contribution in [0.2, 0.25) is 0 Å². The van der Waals surface area contributed by atoms with Gasteiger partial charge in [-0.25, -0.2) is 0 Å². The first-order valence-corrected chi connectivity index (χ1v) is 3.14.